The molecule has 0 spiro atoms. The molecular weight excluding hydrogens is 451 g/mol. The lowest BCUT2D eigenvalue weighted by Gasteiger charge is -2.24. The Hall–Kier alpha value is -1.54. The summed E-state index contributed by atoms with van der Waals surface area (Å²) in [6.45, 7) is 0.591. The van der Waals surface area contributed by atoms with Crippen molar-refractivity contribution in [1.82, 2.24) is 4.90 Å². The third kappa shape index (κ3) is 4.63. The number of carbonyl (C=O) groups is 1. The molecule has 2 fully saturated rings. The molecule has 0 unspecified atom stereocenters. The fourth-order valence-corrected chi connectivity index (χ4v) is 8.07. The zero-order valence-corrected chi connectivity index (χ0v) is 18.4. The average Bonchev–Trinajstić information content (AvgIpc) is 3.11. The number of amides is 1. The molecule has 0 saturated carbocycles. The predicted octanol–water partition coefficient (Wildman–Crippen LogP) is 3.95. The zero-order chi connectivity index (χ0) is 20.6. The summed E-state index contributed by atoms with van der Waals surface area (Å²) >= 11 is 13.4. The number of carbonyl (C=O) groups excluding carboxylic acids is 1. The van der Waals surface area contributed by atoms with Crippen LogP contribution in [-0.4, -0.2) is 53.7 Å². The molecule has 2 heterocycles. The summed E-state index contributed by atoms with van der Waals surface area (Å²) in [7, 11) is -3.08. The summed E-state index contributed by atoms with van der Waals surface area (Å²) in [6.07, 6.45) is 0.736. The van der Waals surface area contributed by atoms with Crippen molar-refractivity contribution in [2.24, 2.45) is 4.99 Å². The number of rotatable bonds is 4. The van der Waals surface area contributed by atoms with E-state index < -0.39 is 15.7 Å². The first-order valence-corrected chi connectivity index (χ1v) is 12.5. The quantitative estimate of drug-likeness (QED) is 0.679. The number of fused-ring (bicyclic) bond motifs is 1. The normalized spacial score (nSPS) is 24.1. The van der Waals surface area contributed by atoms with Crippen LogP contribution in [0.25, 0.3) is 0 Å². The number of hydrogen-bond acceptors (Lipinski definition) is 4. The van der Waals surface area contributed by atoms with Gasteiger partial charge in [0.15, 0.2) is 15.0 Å². The second-order valence-electron chi connectivity index (χ2n) is 7.05. The van der Waals surface area contributed by atoms with Crippen LogP contribution in [0.1, 0.15) is 15.9 Å². The van der Waals surface area contributed by atoms with E-state index in [9.17, 15) is 13.2 Å². The lowest BCUT2D eigenvalue weighted by atomic mass is 10.1. The van der Waals surface area contributed by atoms with E-state index in [2.05, 4.69) is 4.99 Å². The molecule has 2 aliphatic rings. The highest BCUT2D eigenvalue weighted by molar-refractivity contribution is 8.15. The van der Waals surface area contributed by atoms with Gasteiger partial charge in [-0.2, -0.15) is 4.99 Å². The molecule has 0 aliphatic carbocycles. The number of amidine groups is 1. The molecule has 0 aromatic heterocycles. The summed E-state index contributed by atoms with van der Waals surface area (Å²) in [5.41, 5.74) is 1.42. The maximum Gasteiger partial charge on any atom is 0.280 e. The van der Waals surface area contributed by atoms with Crippen molar-refractivity contribution in [3.63, 3.8) is 0 Å². The van der Waals surface area contributed by atoms with E-state index in [1.165, 1.54) is 17.8 Å². The number of thioether (sulfide) groups is 1. The minimum atomic E-state index is -3.08. The molecule has 4 rings (SSSR count). The van der Waals surface area contributed by atoms with Gasteiger partial charge in [-0.25, -0.2) is 8.42 Å². The van der Waals surface area contributed by atoms with Crippen molar-refractivity contribution in [2.45, 2.75) is 17.7 Å². The van der Waals surface area contributed by atoms with Gasteiger partial charge in [-0.05, 0) is 30.2 Å². The van der Waals surface area contributed by atoms with Crippen LogP contribution in [0.4, 0.5) is 0 Å². The van der Waals surface area contributed by atoms with E-state index in [4.69, 9.17) is 23.2 Å². The van der Waals surface area contributed by atoms with Gasteiger partial charge in [0.05, 0.1) is 28.1 Å². The van der Waals surface area contributed by atoms with Gasteiger partial charge < -0.3 is 4.90 Å². The number of hydrogen-bond donors (Lipinski definition) is 0. The number of aliphatic imine (C=N–C) groups is 1. The van der Waals surface area contributed by atoms with Gasteiger partial charge in [-0.15, -0.1) is 0 Å². The van der Waals surface area contributed by atoms with Gasteiger partial charge in [0.2, 0.25) is 0 Å². The largest absolute Gasteiger partial charge is 0.346 e. The molecule has 2 aliphatic heterocycles. The van der Waals surface area contributed by atoms with Crippen molar-refractivity contribution in [3.05, 3.63) is 69.7 Å². The Balaban J connectivity index is 1.60. The molecule has 2 saturated heterocycles. The summed E-state index contributed by atoms with van der Waals surface area (Å²) in [4.78, 5) is 19.0. The van der Waals surface area contributed by atoms with Crippen molar-refractivity contribution in [3.8, 4) is 0 Å². The summed E-state index contributed by atoms with van der Waals surface area (Å²) < 4.78 is 24.2. The fraction of sp³-hybridized carbons (Fsp3) is 0.300. The average molecular weight is 469 g/mol. The first-order valence-electron chi connectivity index (χ1n) is 9.08. The lowest BCUT2D eigenvalue weighted by molar-refractivity contribution is 0.100. The molecule has 29 heavy (non-hydrogen) atoms. The van der Waals surface area contributed by atoms with Crippen LogP contribution in [0.5, 0.6) is 0 Å². The first kappa shape index (κ1) is 20.7. The van der Waals surface area contributed by atoms with E-state index in [0.29, 0.717) is 16.7 Å². The van der Waals surface area contributed by atoms with Gasteiger partial charge in [0.1, 0.15) is 0 Å². The van der Waals surface area contributed by atoms with E-state index in [0.717, 1.165) is 12.0 Å². The third-order valence-corrected chi connectivity index (χ3v) is 8.81. The Kier molecular flexibility index (Phi) is 5.93. The SMILES string of the molecule is O=C(N=C1S[C@@H]2CS(=O)(=O)C[C@@H]2N1CCc1ccccc1)c1ccc(Cl)cc1Cl. The zero-order valence-electron chi connectivity index (χ0n) is 15.3. The van der Waals surface area contributed by atoms with Gasteiger partial charge in [0, 0.05) is 16.8 Å². The third-order valence-electron chi connectivity index (χ3n) is 5.02. The molecule has 2 aromatic carbocycles. The van der Waals surface area contributed by atoms with Crippen LogP contribution in [-0.2, 0) is 16.3 Å². The molecule has 0 N–H and O–H groups in total. The smallest absolute Gasteiger partial charge is 0.280 e. The van der Waals surface area contributed by atoms with E-state index >= 15 is 0 Å². The van der Waals surface area contributed by atoms with E-state index in [1.807, 2.05) is 35.2 Å². The Morgan fingerprint density at radius 2 is 1.90 bits per heavy atom. The predicted molar refractivity (Wildman–Crippen MR) is 119 cm³/mol. The Labute approximate surface area is 184 Å². The number of benzene rings is 2. The molecule has 5 nitrogen and oxygen atoms in total. The van der Waals surface area contributed by atoms with Gasteiger partial charge >= 0.3 is 0 Å². The number of nitrogens with zero attached hydrogens (tertiary/aromatic N) is 2. The molecule has 0 radical (unpaired) electrons. The summed E-state index contributed by atoms with van der Waals surface area (Å²) in [5.74, 6) is -0.255. The maximum atomic E-state index is 12.7. The number of halogens is 2. The monoisotopic (exact) mass is 468 g/mol. The van der Waals surface area contributed by atoms with Gasteiger partial charge in [-0.1, -0.05) is 65.3 Å². The van der Waals surface area contributed by atoms with Crippen LogP contribution < -0.4 is 0 Å². The highest BCUT2D eigenvalue weighted by atomic mass is 35.5. The van der Waals surface area contributed by atoms with E-state index in [-0.39, 0.29) is 33.4 Å². The summed E-state index contributed by atoms with van der Waals surface area (Å²) in [6, 6.07) is 14.4. The standard InChI is InChI=1S/C20H18Cl2N2O3S2/c21-14-6-7-15(16(22)10-14)19(25)23-20-24(9-8-13-4-2-1-3-5-13)17-11-29(26,27)12-18(17)28-20/h1-7,10,17-18H,8-9,11-12H2/t17-,18+/m0/s1. The van der Waals surface area contributed by atoms with E-state index in [1.54, 1.807) is 12.1 Å². The highest BCUT2D eigenvalue weighted by Gasteiger charge is 2.48. The molecular formula is C20H18Cl2N2O3S2. The van der Waals surface area contributed by atoms with Crippen LogP contribution >= 0.6 is 35.0 Å². The second-order valence-corrected chi connectivity index (χ2v) is 11.3. The maximum absolute atomic E-state index is 12.7. The molecule has 2 aromatic rings. The van der Waals surface area contributed by atoms with Crippen molar-refractivity contribution < 1.29 is 13.2 Å². The molecule has 0 bridgehead atoms. The molecule has 1 amide bonds. The first-order chi connectivity index (χ1) is 13.8. The second kappa shape index (κ2) is 8.30. The fourth-order valence-electron chi connectivity index (χ4n) is 3.60. The Morgan fingerprint density at radius 1 is 1.14 bits per heavy atom. The topological polar surface area (TPSA) is 66.8 Å². The van der Waals surface area contributed by atoms with Crippen LogP contribution in [0, 0.1) is 0 Å². The minimum Gasteiger partial charge on any atom is -0.346 e. The molecule has 9 heteroatoms. The van der Waals surface area contributed by atoms with Crippen LogP contribution in [0.2, 0.25) is 10.0 Å². The van der Waals surface area contributed by atoms with Crippen molar-refractivity contribution >= 4 is 55.9 Å². The van der Waals surface area contributed by atoms with Crippen LogP contribution in [0.3, 0.4) is 0 Å². The van der Waals surface area contributed by atoms with Crippen LogP contribution in [0.15, 0.2) is 53.5 Å². The van der Waals surface area contributed by atoms with Gasteiger partial charge in [-0.3, -0.25) is 4.79 Å². The van der Waals surface area contributed by atoms with Gasteiger partial charge in [0.25, 0.3) is 5.91 Å². The lowest BCUT2D eigenvalue weighted by Crippen LogP contribution is -2.39. The molecule has 152 valence electrons. The number of sulfone groups is 1. The highest BCUT2D eigenvalue weighted by Crippen LogP contribution is 2.38. The Bertz CT molecular complexity index is 1070. The Morgan fingerprint density at radius 3 is 2.62 bits per heavy atom. The van der Waals surface area contributed by atoms with Crippen molar-refractivity contribution in [2.75, 3.05) is 18.1 Å². The molecule has 2 atom stereocenters. The van der Waals surface area contributed by atoms with Crippen molar-refractivity contribution in [1.29, 1.82) is 0 Å². The summed E-state index contributed by atoms with van der Waals surface area (Å²) in [5, 5.41) is 1.14. The minimum absolute atomic E-state index is 0.0916.